The second kappa shape index (κ2) is 3.80. The van der Waals surface area contributed by atoms with Crippen LogP contribution >= 0.6 is 0 Å². The Morgan fingerprint density at radius 3 is 2.93 bits per heavy atom. The van der Waals surface area contributed by atoms with Gasteiger partial charge in [0.05, 0.1) is 6.42 Å². The molecular weight excluding hydrogens is 176 g/mol. The number of benzene rings is 1. The minimum Gasteiger partial charge on any atom is -0.294 e. The molecule has 0 saturated heterocycles. The molecule has 3 N–H and O–H groups in total. The number of hydrogen-bond donors (Lipinski definition) is 2. The van der Waals surface area contributed by atoms with Gasteiger partial charge in [0, 0.05) is 0 Å². The predicted octanol–water partition coefficient (Wildman–Crippen LogP) is 0.708. The third-order valence-corrected chi connectivity index (χ3v) is 2.69. The zero-order valence-corrected chi connectivity index (χ0v) is 8.05. The molecule has 1 aliphatic carbocycles. The quantitative estimate of drug-likeness (QED) is 0.410. The van der Waals surface area contributed by atoms with Crippen molar-refractivity contribution in [1.82, 2.24) is 5.43 Å². The number of amides is 1. The van der Waals surface area contributed by atoms with E-state index >= 15 is 0 Å². The zero-order chi connectivity index (χ0) is 9.97. The van der Waals surface area contributed by atoms with Crippen LogP contribution in [0.25, 0.3) is 0 Å². The number of nitrogens with one attached hydrogen (secondary N) is 1. The molecule has 0 bridgehead atoms. The average molecular weight is 190 g/mol. The molecule has 2 rings (SSSR count). The Labute approximate surface area is 83.3 Å². The highest BCUT2D eigenvalue weighted by atomic mass is 16.2. The molecule has 0 radical (unpaired) electrons. The van der Waals surface area contributed by atoms with Crippen LogP contribution in [0.15, 0.2) is 18.2 Å². The number of carbonyl (C=O) groups excluding carboxylic acids is 1. The Morgan fingerprint density at radius 1 is 1.36 bits per heavy atom. The van der Waals surface area contributed by atoms with Gasteiger partial charge in [0.2, 0.25) is 5.91 Å². The fraction of sp³-hybridized carbons (Fsp3) is 0.364. The van der Waals surface area contributed by atoms with Crippen LogP contribution < -0.4 is 11.3 Å². The van der Waals surface area contributed by atoms with Crippen molar-refractivity contribution in [2.24, 2.45) is 5.84 Å². The second-order valence-electron chi connectivity index (χ2n) is 3.70. The largest absolute Gasteiger partial charge is 0.294 e. The molecule has 0 aliphatic heterocycles. The lowest BCUT2D eigenvalue weighted by molar-refractivity contribution is -0.120. The Morgan fingerprint density at radius 2 is 2.14 bits per heavy atom. The summed E-state index contributed by atoms with van der Waals surface area (Å²) in [6.07, 6.45) is 3.94. The van der Waals surface area contributed by atoms with Crippen LogP contribution in [0.2, 0.25) is 0 Å². The van der Waals surface area contributed by atoms with Crippen LogP contribution in [0.4, 0.5) is 0 Å². The second-order valence-corrected chi connectivity index (χ2v) is 3.70. The summed E-state index contributed by atoms with van der Waals surface area (Å²) >= 11 is 0. The van der Waals surface area contributed by atoms with Gasteiger partial charge in [-0.05, 0) is 36.0 Å². The fourth-order valence-electron chi connectivity index (χ4n) is 1.97. The molecule has 1 aromatic rings. The third kappa shape index (κ3) is 1.77. The van der Waals surface area contributed by atoms with E-state index < -0.39 is 0 Å². The summed E-state index contributed by atoms with van der Waals surface area (Å²) in [5.41, 5.74) is 6.02. The smallest absolute Gasteiger partial charge is 0.238 e. The molecule has 1 aliphatic rings. The van der Waals surface area contributed by atoms with E-state index in [2.05, 4.69) is 17.6 Å². The fourth-order valence-corrected chi connectivity index (χ4v) is 1.97. The van der Waals surface area contributed by atoms with Gasteiger partial charge in [-0.15, -0.1) is 0 Å². The van der Waals surface area contributed by atoms with Crippen LogP contribution in [-0.4, -0.2) is 5.91 Å². The summed E-state index contributed by atoms with van der Waals surface area (Å²) < 4.78 is 0. The third-order valence-electron chi connectivity index (χ3n) is 2.69. The standard InChI is InChI=1S/C11H14N2O/c12-13-11(14)7-8-4-5-9-2-1-3-10(9)6-8/h4-6H,1-3,7,12H2,(H,13,14). The lowest BCUT2D eigenvalue weighted by Gasteiger charge is -2.03. The summed E-state index contributed by atoms with van der Waals surface area (Å²) in [5, 5.41) is 0. The van der Waals surface area contributed by atoms with E-state index in [0.29, 0.717) is 6.42 Å². The molecule has 0 unspecified atom stereocenters. The first-order valence-electron chi connectivity index (χ1n) is 4.90. The first-order valence-corrected chi connectivity index (χ1v) is 4.90. The van der Waals surface area contributed by atoms with E-state index in [1.165, 1.54) is 24.0 Å². The number of hydrogen-bond acceptors (Lipinski definition) is 2. The number of nitrogens with two attached hydrogens (primary N) is 1. The van der Waals surface area contributed by atoms with Crippen molar-refractivity contribution in [2.45, 2.75) is 25.7 Å². The molecule has 0 spiro atoms. The molecule has 3 nitrogen and oxygen atoms in total. The van der Waals surface area contributed by atoms with E-state index in [1.54, 1.807) is 0 Å². The molecule has 0 aromatic heterocycles. The van der Waals surface area contributed by atoms with Gasteiger partial charge >= 0.3 is 0 Å². The van der Waals surface area contributed by atoms with Crippen LogP contribution in [0.5, 0.6) is 0 Å². The van der Waals surface area contributed by atoms with E-state index in [1.807, 2.05) is 6.07 Å². The highest BCUT2D eigenvalue weighted by molar-refractivity contribution is 5.77. The molecule has 0 heterocycles. The summed E-state index contributed by atoms with van der Waals surface area (Å²) in [7, 11) is 0. The minimum absolute atomic E-state index is 0.136. The SMILES string of the molecule is NNC(=O)Cc1ccc2c(c1)CCC2. The van der Waals surface area contributed by atoms with E-state index in [4.69, 9.17) is 5.84 Å². The number of fused-ring (bicyclic) bond motifs is 1. The summed E-state index contributed by atoms with van der Waals surface area (Å²) in [4.78, 5) is 11.0. The number of hydrazine groups is 1. The van der Waals surface area contributed by atoms with Crippen LogP contribution in [0, 0.1) is 0 Å². The van der Waals surface area contributed by atoms with Crippen molar-refractivity contribution >= 4 is 5.91 Å². The average Bonchev–Trinajstić information content (AvgIpc) is 2.64. The first kappa shape index (κ1) is 9.21. The lowest BCUT2D eigenvalue weighted by Crippen LogP contribution is -2.31. The normalized spacial score (nSPS) is 13.8. The first-order chi connectivity index (χ1) is 6.79. The van der Waals surface area contributed by atoms with E-state index in [0.717, 1.165) is 12.0 Å². The van der Waals surface area contributed by atoms with Gasteiger partial charge in [0.25, 0.3) is 0 Å². The van der Waals surface area contributed by atoms with Crippen molar-refractivity contribution in [3.8, 4) is 0 Å². The van der Waals surface area contributed by atoms with Crippen LogP contribution in [0.1, 0.15) is 23.1 Å². The molecule has 3 heteroatoms. The van der Waals surface area contributed by atoms with Gasteiger partial charge in [-0.1, -0.05) is 18.2 Å². The van der Waals surface area contributed by atoms with E-state index in [9.17, 15) is 4.79 Å². The lowest BCUT2D eigenvalue weighted by atomic mass is 10.0. The summed E-state index contributed by atoms with van der Waals surface area (Å²) in [6, 6.07) is 6.26. The molecule has 0 saturated carbocycles. The van der Waals surface area contributed by atoms with Gasteiger partial charge in [0.15, 0.2) is 0 Å². The van der Waals surface area contributed by atoms with Gasteiger partial charge in [-0.25, -0.2) is 5.84 Å². The number of rotatable bonds is 2. The monoisotopic (exact) mass is 190 g/mol. The summed E-state index contributed by atoms with van der Waals surface area (Å²) in [6.45, 7) is 0. The molecular formula is C11H14N2O. The summed E-state index contributed by atoms with van der Waals surface area (Å²) in [5.74, 6) is 4.90. The highest BCUT2D eigenvalue weighted by Gasteiger charge is 2.11. The van der Waals surface area contributed by atoms with Crippen molar-refractivity contribution in [2.75, 3.05) is 0 Å². The maximum atomic E-state index is 11.0. The van der Waals surface area contributed by atoms with Crippen molar-refractivity contribution in [3.63, 3.8) is 0 Å². The van der Waals surface area contributed by atoms with Crippen molar-refractivity contribution in [1.29, 1.82) is 0 Å². The molecule has 0 atom stereocenters. The Balaban J connectivity index is 2.16. The van der Waals surface area contributed by atoms with Gasteiger partial charge in [0.1, 0.15) is 0 Å². The van der Waals surface area contributed by atoms with Gasteiger partial charge in [-0.2, -0.15) is 0 Å². The molecule has 74 valence electrons. The molecule has 1 amide bonds. The molecule has 0 fully saturated rings. The van der Waals surface area contributed by atoms with E-state index in [-0.39, 0.29) is 5.91 Å². The Hall–Kier alpha value is -1.35. The Kier molecular flexibility index (Phi) is 2.50. The van der Waals surface area contributed by atoms with Gasteiger partial charge < -0.3 is 0 Å². The number of carbonyl (C=O) groups is 1. The minimum atomic E-state index is -0.136. The molecule has 14 heavy (non-hydrogen) atoms. The van der Waals surface area contributed by atoms with Gasteiger partial charge in [-0.3, -0.25) is 10.2 Å². The maximum Gasteiger partial charge on any atom is 0.238 e. The zero-order valence-electron chi connectivity index (χ0n) is 8.05. The predicted molar refractivity (Wildman–Crippen MR) is 54.5 cm³/mol. The van der Waals surface area contributed by atoms with Crippen molar-refractivity contribution < 1.29 is 4.79 Å². The highest BCUT2D eigenvalue weighted by Crippen LogP contribution is 2.22. The topological polar surface area (TPSA) is 55.1 Å². The maximum absolute atomic E-state index is 11.0. The molecule has 1 aromatic carbocycles. The van der Waals surface area contributed by atoms with Crippen molar-refractivity contribution in [3.05, 3.63) is 34.9 Å². The number of aryl methyl sites for hydroxylation is 2. The van der Waals surface area contributed by atoms with Crippen LogP contribution in [-0.2, 0) is 24.1 Å². The Bertz CT molecular complexity index is 360. The van der Waals surface area contributed by atoms with Crippen LogP contribution in [0.3, 0.4) is 0 Å².